The van der Waals surface area contributed by atoms with Crippen LogP contribution >= 0.6 is 11.3 Å². The minimum absolute atomic E-state index is 0.112. The molecule has 0 bridgehead atoms. The molecule has 0 aliphatic carbocycles. The highest BCUT2D eigenvalue weighted by Gasteiger charge is 2.17. The molecular formula is C16H18N6OS. The van der Waals surface area contributed by atoms with E-state index in [2.05, 4.69) is 32.3 Å². The van der Waals surface area contributed by atoms with Crippen molar-refractivity contribution in [2.75, 3.05) is 6.54 Å². The second kappa shape index (κ2) is 7.31. The van der Waals surface area contributed by atoms with E-state index in [-0.39, 0.29) is 11.8 Å². The van der Waals surface area contributed by atoms with Crippen LogP contribution in [0.1, 0.15) is 22.3 Å². The maximum absolute atomic E-state index is 12.4. The van der Waals surface area contributed by atoms with Crippen molar-refractivity contribution in [3.8, 4) is 10.8 Å². The summed E-state index contributed by atoms with van der Waals surface area (Å²) in [5, 5.41) is 7.80. The van der Waals surface area contributed by atoms with Crippen molar-refractivity contribution in [1.29, 1.82) is 0 Å². The zero-order valence-corrected chi connectivity index (χ0v) is 14.3. The second-order valence-electron chi connectivity index (χ2n) is 5.55. The van der Waals surface area contributed by atoms with Gasteiger partial charge in [-0.3, -0.25) is 9.48 Å². The normalized spacial score (nSPS) is 12.1. The molecule has 3 aromatic heterocycles. The number of amides is 1. The fraction of sp³-hybridized carbons (Fsp3) is 0.312. The molecule has 3 rings (SSSR count). The van der Waals surface area contributed by atoms with Gasteiger partial charge in [0.2, 0.25) is 0 Å². The first-order valence-corrected chi connectivity index (χ1v) is 8.45. The molecule has 3 aromatic rings. The fourth-order valence-electron chi connectivity index (χ4n) is 2.25. The largest absolute Gasteiger partial charge is 0.351 e. The van der Waals surface area contributed by atoms with Crippen molar-refractivity contribution < 1.29 is 4.79 Å². The van der Waals surface area contributed by atoms with Crippen LogP contribution in [-0.4, -0.2) is 37.2 Å². The van der Waals surface area contributed by atoms with Gasteiger partial charge in [-0.15, -0.1) is 11.3 Å². The number of rotatable bonds is 6. The molecule has 0 unspecified atom stereocenters. The van der Waals surface area contributed by atoms with Crippen molar-refractivity contribution in [2.45, 2.75) is 20.4 Å². The zero-order valence-electron chi connectivity index (χ0n) is 13.5. The molecule has 1 atom stereocenters. The van der Waals surface area contributed by atoms with Crippen LogP contribution in [0, 0.1) is 12.8 Å². The van der Waals surface area contributed by atoms with E-state index in [9.17, 15) is 4.79 Å². The van der Waals surface area contributed by atoms with Crippen LogP contribution in [0.5, 0.6) is 0 Å². The van der Waals surface area contributed by atoms with Gasteiger partial charge in [-0.25, -0.2) is 15.0 Å². The smallest absolute Gasteiger partial charge is 0.263 e. The molecule has 0 aromatic carbocycles. The molecule has 7 nitrogen and oxygen atoms in total. The van der Waals surface area contributed by atoms with Gasteiger partial charge < -0.3 is 5.32 Å². The summed E-state index contributed by atoms with van der Waals surface area (Å²) in [6, 6.07) is 3.64. The summed E-state index contributed by atoms with van der Waals surface area (Å²) in [6.07, 6.45) is 6.99. The molecule has 0 aliphatic heterocycles. The Labute approximate surface area is 143 Å². The average molecular weight is 342 g/mol. The molecule has 24 heavy (non-hydrogen) atoms. The van der Waals surface area contributed by atoms with Crippen LogP contribution in [0.25, 0.3) is 10.8 Å². The van der Waals surface area contributed by atoms with Gasteiger partial charge in [-0.1, -0.05) is 6.92 Å². The molecule has 0 fully saturated rings. The van der Waals surface area contributed by atoms with Gasteiger partial charge in [0, 0.05) is 37.9 Å². The summed E-state index contributed by atoms with van der Waals surface area (Å²) in [5.41, 5.74) is 0.694. The van der Waals surface area contributed by atoms with Gasteiger partial charge in [0.25, 0.3) is 5.91 Å². The van der Waals surface area contributed by atoms with Crippen LogP contribution in [0.2, 0.25) is 0 Å². The molecule has 3 heterocycles. The van der Waals surface area contributed by atoms with Crippen LogP contribution in [-0.2, 0) is 6.54 Å². The summed E-state index contributed by atoms with van der Waals surface area (Å²) in [7, 11) is 0. The number of aryl methyl sites for hydroxylation is 1. The summed E-state index contributed by atoms with van der Waals surface area (Å²) in [5.74, 6) is 0.704. The maximum Gasteiger partial charge on any atom is 0.263 e. The fourth-order valence-corrected chi connectivity index (χ4v) is 3.18. The Balaban J connectivity index is 1.62. The second-order valence-corrected chi connectivity index (χ2v) is 6.55. The Morgan fingerprint density at radius 2 is 2.08 bits per heavy atom. The summed E-state index contributed by atoms with van der Waals surface area (Å²) in [4.78, 5) is 25.8. The summed E-state index contributed by atoms with van der Waals surface area (Å²) >= 11 is 1.31. The molecule has 0 aliphatic rings. The molecule has 0 spiro atoms. The minimum atomic E-state index is -0.112. The lowest BCUT2D eigenvalue weighted by Crippen LogP contribution is -2.30. The third kappa shape index (κ3) is 3.83. The highest BCUT2D eigenvalue weighted by atomic mass is 32.1. The van der Waals surface area contributed by atoms with Gasteiger partial charge in [0.1, 0.15) is 4.88 Å². The SMILES string of the molecule is Cc1nc(-c2ncccn2)sc1C(=O)NC[C@H](C)Cn1cccn1. The van der Waals surface area contributed by atoms with E-state index < -0.39 is 0 Å². The number of hydrogen-bond donors (Lipinski definition) is 1. The predicted octanol–water partition coefficient (Wildman–Crippen LogP) is 2.17. The molecule has 124 valence electrons. The first kappa shape index (κ1) is 16.3. The highest BCUT2D eigenvalue weighted by Crippen LogP contribution is 2.24. The Kier molecular flexibility index (Phi) is 4.95. The van der Waals surface area contributed by atoms with Gasteiger partial charge in [0.05, 0.1) is 5.69 Å². The van der Waals surface area contributed by atoms with Gasteiger partial charge in [-0.05, 0) is 25.0 Å². The van der Waals surface area contributed by atoms with E-state index >= 15 is 0 Å². The molecule has 1 N–H and O–H groups in total. The van der Waals surface area contributed by atoms with Crippen molar-refractivity contribution in [3.05, 3.63) is 47.5 Å². The molecule has 1 amide bonds. The topological polar surface area (TPSA) is 85.6 Å². The third-order valence-corrected chi connectivity index (χ3v) is 4.58. The Morgan fingerprint density at radius 3 is 2.79 bits per heavy atom. The standard InChI is InChI=1S/C16H18N6OS/c1-11(10-22-8-4-7-20-22)9-19-15(23)13-12(2)21-16(24-13)14-17-5-3-6-18-14/h3-8,11H,9-10H2,1-2H3,(H,19,23)/t11-/m0/s1. The maximum atomic E-state index is 12.4. The third-order valence-electron chi connectivity index (χ3n) is 3.43. The van der Waals surface area contributed by atoms with Gasteiger partial charge in [0.15, 0.2) is 10.8 Å². The van der Waals surface area contributed by atoms with Gasteiger partial charge >= 0.3 is 0 Å². The molecular weight excluding hydrogens is 324 g/mol. The average Bonchev–Trinajstić information content (AvgIpc) is 3.23. The number of carbonyl (C=O) groups excluding carboxylic acids is 1. The summed E-state index contributed by atoms with van der Waals surface area (Å²) in [6.45, 7) is 5.24. The molecule has 0 saturated carbocycles. The molecule has 0 radical (unpaired) electrons. The molecule has 8 heteroatoms. The lowest BCUT2D eigenvalue weighted by Gasteiger charge is -2.12. The highest BCUT2D eigenvalue weighted by molar-refractivity contribution is 7.17. The van der Waals surface area contributed by atoms with E-state index in [1.807, 2.05) is 23.9 Å². The molecule has 0 saturated heterocycles. The quantitative estimate of drug-likeness (QED) is 0.742. The number of hydrogen-bond acceptors (Lipinski definition) is 6. The number of carbonyl (C=O) groups is 1. The van der Waals surface area contributed by atoms with E-state index in [1.165, 1.54) is 11.3 Å². The van der Waals surface area contributed by atoms with Crippen LogP contribution in [0.3, 0.4) is 0 Å². The summed E-state index contributed by atoms with van der Waals surface area (Å²) < 4.78 is 1.86. The lowest BCUT2D eigenvalue weighted by molar-refractivity contribution is 0.0950. The predicted molar refractivity (Wildman–Crippen MR) is 91.6 cm³/mol. The number of thiazole rings is 1. The number of nitrogens with one attached hydrogen (secondary N) is 1. The van der Waals surface area contributed by atoms with Crippen LogP contribution in [0.4, 0.5) is 0 Å². The van der Waals surface area contributed by atoms with E-state index in [0.717, 1.165) is 6.54 Å². The monoisotopic (exact) mass is 342 g/mol. The first-order valence-electron chi connectivity index (χ1n) is 7.64. The lowest BCUT2D eigenvalue weighted by atomic mass is 10.2. The Morgan fingerprint density at radius 1 is 1.29 bits per heavy atom. The van der Waals surface area contributed by atoms with Crippen LogP contribution < -0.4 is 5.32 Å². The Bertz CT molecular complexity index is 799. The minimum Gasteiger partial charge on any atom is -0.351 e. The van der Waals surface area contributed by atoms with Crippen LogP contribution in [0.15, 0.2) is 36.9 Å². The number of aromatic nitrogens is 5. The van der Waals surface area contributed by atoms with E-state index in [4.69, 9.17) is 0 Å². The van der Waals surface area contributed by atoms with Crippen molar-refractivity contribution >= 4 is 17.2 Å². The zero-order chi connectivity index (χ0) is 16.9. The number of nitrogens with zero attached hydrogens (tertiary/aromatic N) is 5. The van der Waals surface area contributed by atoms with E-state index in [0.29, 0.717) is 27.9 Å². The van der Waals surface area contributed by atoms with Crippen molar-refractivity contribution in [2.24, 2.45) is 5.92 Å². The van der Waals surface area contributed by atoms with E-state index in [1.54, 1.807) is 24.7 Å². The van der Waals surface area contributed by atoms with Crippen molar-refractivity contribution in [1.82, 2.24) is 30.0 Å². The first-order chi connectivity index (χ1) is 11.6. The Hall–Kier alpha value is -2.61. The van der Waals surface area contributed by atoms with Gasteiger partial charge in [-0.2, -0.15) is 5.10 Å². The van der Waals surface area contributed by atoms with Crippen molar-refractivity contribution in [3.63, 3.8) is 0 Å².